The highest BCUT2D eigenvalue weighted by Crippen LogP contribution is 2.28. The predicted molar refractivity (Wildman–Crippen MR) is 66.6 cm³/mol. The first-order valence-corrected chi connectivity index (χ1v) is 6.03. The number of hydrogen-bond acceptors (Lipinski definition) is 5. The van der Waals surface area contributed by atoms with E-state index < -0.39 is 5.60 Å². The number of β-amino-alcohol motifs (C(OH)–C–C–N with tert-alkyl or cyclic N) is 1. The van der Waals surface area contributed by atoms with Gasteiger partial charge in [-0.25, -0.2) is 0 Å². The highest BCUT2D eigenvalue weighted by molar-refractivity contribution is 5.43. The van der Waals surface area contributed by atoms with E-state index in [9.17, 15) is 5.11 Å². The molecule has 1 aromatic heterocycles. The van der Waals surface area contributed by atoms with Crippen LogP contribution in [-0.4, -0.2) is 44.0 Å². The maximum atomic E-state index is 10.0. The molecule has 1 saturated heterocycles. The molecule has 1 N–H and O–H groups in total. The fraction of sp³-hybridized carbons (Fsp3) is 0.417. The SMILES string of the molecule is CCC1(O)CN(c2nnnn2-c2ccccc2)C1. The highest BCUT2D eigenvalue weighted by atomic mass is 16.3. The zero-order chi connectivity index (χ0) is 12.6. The maximum absolute atomic E-state index is 10.0. The number of nitrogens with zero attached hydrogens (tertiary/aromatic N) is 5. The first-order valence-electron chi connectivity index (χ1n) is 6.03. The summed E-state index contributed by atoms with van der Waals surface area (Å²) in [6.07, 6.45) is 0.746. The zero-order valence-corrected chi connectivity index (χ0v) is 10.2. The Labute approximate surface area is 105 Å². The van der Waals surface area contributed by atoms with Crippen molar-refractivity contribution in [2.45, 2.75) is 18.9 Å². The van der Waals surface area contributed by atoms with Crippen molar-refractivity contribution in [3.05, 3.63) is 30.3 Å². The number of tetrazole rings is 1. The van der Waals surface area contributed by atoms with E-state index in [0.717, 1.165) is 12.1 Å². The summed E-state index contributed by atoms with van der Waals surface area (Å²) in [6.45, 7) is 3.14. The number of aliphatic hydroxyl groups is 1. The van der Waals surface area contributed by atoms with E-state index >= 15 is 0 Å². The maximum Gasteiger partial charge on any atom is 0.250 e. The molecule has 3 rings (SSSR count). The topological polar surface area (TPSA) is 67.1 Å². The van der Waals surface area contributed by atoms with Crippen LogP contribution >= 0.6 is 0 Å². The Hall–Kier alpha value is -1.95. The number of para-hydroxylation sites is 1. The Morgan fingerprint density at radius 1 is 1.28 bits per heavy atom. The third-order valence-corrected chi connectivity index (χ3v) is 3.37. The van der Waals surface area contributed by atoms with Crippen LogP contribution in [0.1, 0.15) is 13.3 Å². The molecular formula is C12H15N5O. The van der Waals surface area contributed by atoms with E-state index in [1.54, 1.807) is 4.68 Å². The van der Waals surface area contributed by atoms with Gasteiger partial charge in [0, 0.05) is 0 Å². The van der Waals surface area contributed by atoms with Crippen molar-refractivity contribution in [1.82, 2.24) is 20.2 Å². The lowest BCUT2D eigenvalue weighted by molar-refractivity contribution is 0.00733. The molecule has 0 radical (unpaired) electrons. The molecule has 0 unspecified atom stereocenters. The van der Waals surface area contributed by atoms with E-state index in [1.807, 2.05) is 42.2 Å². The van der Waals surface area contributed by atoms with Crippen molar-refractivity contribution in [2.75, 3.05) is 18.0 Å². The number of hydrogen-bond donors (Lipinski definition) is 1. The number of rotatable bonds is 3. The second kappa shape index (κ2) is 4.06. The van der Waals surface area contributed by atoms with Crippen LogP contribution < -0.4 is 4.90 Å². The Morgan fingerprint density at radius 2 is 2.00 bits per heavy atom. The van der Waals surface area contributed by atoms with Crippen molar-refractivity contribution in [3.8, 4) is 5.69 Å². The summed E-state index contributed by atoms with van der Waals surface area (Å²) in [7, 11) is 0. The number of anilines is 1. The smallest absolute Gasteiger partial charge is 0.250 e. The van der Waals surface area contributed by atoms with Crippen LogP contribution in [0.3, 0.4) is 0 Å². The molecule has 2 heterocycles. The fourth-order valence-electron chi connectivity index (χ4n) is 2.15. The van der Waals surface area contributed by atoms with Crippen molar-refractivity contribution >= 4 is 5.95 Å². The Bertz CT molecular complexity index is 532. The third-order valence-electron chi connectivity index (χ3n) is 3.37. The van der Waals surface area contributed by atoms with Crippen LogP contribution in [-0.2, 0) is 0 Å². The average Bonchev–Trinajstić information content (AvgIpc) is 2.85. The number of aromatic nitrogens is 4. The first kappa shape index (κ1) is 11.2. The molecule has 94 valence electrons. The summed E-state index contributed by atoms with van der Waals surface area (Å²) in [6, 6.07) is 9.74. The Morgan fingerprint density at radius 3 is 2.67 bits per heavy atom. The molecule has 0 atom stereocenters. The molecule has 1 fully saturated rings. The second-order valence-electron chi connectivity index (χ2n) is 4.66. The van der Waals surface area contributed by atoms with Gasteiger partial charge < -0.3 is 10.0 Å². The molecule has 0 spiro atoms. The molecule has 18 heavy (non-hydrogen) atoms. The summed E-state index contributed by atoms with van der Waals surface area (Å²) in [5.41, 5.74) is 0.331. The van der Waals surface area contributed by atoms with Crippen LogP contribution in [0.25, 0.3) is 5.69 Å². The van der Waals surface area contributed by atoms with Crippen molar-refractivity contribution in [1.29, 1.82) is 0 Å². The van der Waals surface area contributed by atoms with Gasteiger partial charge in [0.05, 0.1) is 24.4 Å². The van der Waals surface area contributed by atoms with E-state index in [-0.39, 0.29) is 0 Å². The molecule has 0 aliphatic carbocycles. The van der Waals surface area contributed by atoms with Gasteiger partial charge in [0.15, 0.2) is 0 Å². The van der Waals surface area contributed by atoms with Crippen molar-refractivity contribution < 1.29 is 5.11 Å². The van der Waals surface area contributed by atoms with Gasteiger partial charge in [-0.05, 0) is 29.0 Å². The van der Waals surface area contributed by atoms with Crippen molar-refractivity contribution in [3.63, 3.8) is 0 Å². The molecule has 0 bridgehead atoms. The van der Waals surface area contributed by atoms with Gasteiger partial charge in [-0.1, -0.05) is 30.2 Å². The van der Waals surface area contributed by atoms with E-state index in [1.165, 1.54) is 0 Å². The lowest BCUT2D eigenvalue weighted by Crippen LogP contribution is -2.62. The Kier molecular flexibility index (Phi) is 2.52. The summed E-state index contributed by atoms with van der Waals surface area (Å²) in [5, 5.41) is 21.8. The standard InChI is InChI=1S/C12H15N5O/c1-2-12(18)8-16(9-12)11-13-14-15-17(11)10-6-4-3-5-7-10/h3-7,18H,2,8-9H2,1H3. The van der Waals surface area contributed by atoms with E-state index in [2.05, 4.69) is 15.5 Å². The van der Waals surface area contributed by atoms with Gasteiger partial charge in [0.1, 0.15) is 0 Å². The average molecular weight is 245 g/mol. The molecule has 6 heteroatoms. The van der Waals surface area contributed by atoms with Gasteiger partial charge in [-0.3, -0.25) is 0 Å². The van der Waals surface area contributed by atoms with Crippen LogP contribution in [0.15, 0.2) is 30.3 Å². The quantitative estimate of drug-likeness (QED) is 0.858. The fourth-order valence-corrected chi connectivity index (χ4v) is 2.15. The molecule has 0 saturated carbocycles. The third kappa shape index (κ3) is 1.74. The minimum atomic E-state index is -0.590. The molecule has 0 amide bonds. The zero-order valence-electron chi connectivity index (χ0n) is 10.2. The molecule has 1 aliphatic heterocycles. The van der Waals surface area contributed by atoms with E-state index in [4.69, 9.17) is 0 Å². The van der Waals surface area contributed by atoms with Gasteiger partial charge in [0.25, 0.3) is 5.95 Å². The first-order chi connectivity index (χ1) is 8.72. The molecule has 1 aliphatic rings. The number of benzene rings is 1. The van der Waals surface area contributed by atoms with Crippen LogP contribution in [0.5, 0.6) is 0 Å². The van der Waals surface area contributed by atoms with Gasteiger partial charge in [-0.15, -0.1) is 0 Å². The predicted octanol–water partition coefficient (Wildman–Crippen LogP) is 0.623. The second-order valence-corrected chi connectivity index (χ2v) is 4.66. The lowest BCUT2D eigenvalue weighted by Gasteiger charge is -2.45. The molecule has 1 aromatic carbocycles. The van der Waals surface area contributed by atoms with Gasteiger partial charge >= 0.3 is 0 Å². The van der Waals surface area contributed by atoms with E-state index in [0.29, 0.717) is 19.0 Å². The van der Waals surface area contributed by atoms with Gasteiger partial charge in [0.2, 0.25) is 0 Å². The monoisotopic (exact) mass is 245 g/mol. The summed E-state index contributed by atoms with van der Waals surface area (Å²) in [5.74, 6) is 0.680. The highest BCUT2D eigenvalue weighted by Gasteiger charge is 2.41. The van der Waals surface area contributed by atoms with Gasteiger partial charge in [-0.2, -0.15) is 4.68 Å². The lowest BCUT2D eigenvalue weighted by atomic mass is 9.92. The van der Waals surface area contributed by atoms with Crippen LogP contribution in [0, 0.1) is 0 Å². The van der Waals surface area contributed by atoms with Crippen LogP contribution in [0.4, 0.5) is 5.95 Å². The summed E-state index contributed by atoms with van der Waals surface area (Å²) >= 11 is 0. The molecule has 6 nitrogen and oxygen atoms in total. The largest absolute Gasteiger partial charge is 0.386 e. The van der Waals surface area contributed by atoms with Crippen molar-refractivity contribution in [2.24, 2.45) is 0 Å². The summed E-state index contributed by atoms with van der Waals surface area (Å²) in [4.78, 5) is 1.98. The molecule has 2 aromatic rings. The molecular weight excluding hydrogens is 230 g/mol. The summed E-state index contributed by atoms with van der Waals surface area (Å²) < 4.78 is 1.69. The normalized spacial score (nSPS) is 17.6. The minimum Gasteiger partial charge on any atom is -0.386 e. The Balaban J connectivity index is 1.86. The minimum absolute atomic E-state index is 0.580. The van der Waals surface area contributed by atoms with Crippen LogP contribution in [0.2, 0.25) is 0 Å².